The average molecular weight is 260 g/mol. The maximum Gasteiger partial charge on any atom is 0.223 e. The van der Waals surface area contributed by atoms with E-state index in [1.165, 1.54) is 5.56 Å². The molecule has 104 valence electrons. The fourth-order valence-corrected chi connectivity index (χ4v) is 2.79. The topological polar surface area (TPSA) is 23.6 Å². The van der Waals surface area contributed by atoms with Gasteiger partial charge in [-0.1, -0.05) is 30.3 Å². The first-order valence-corrected chi connectivity index (χ1v) is 7.01. The Morgan fingerprint density at radius 1 is 1.21 bits per heavy atom. The SMILES string of the molecule is C[C@H]([C@H]1CC(=O)N([C@H](C)c2ccccc2)C1)N(C)C. The molecule has 0 saturated carbocycles. The number of benzene rings is 1. The lowest BCUT2D eigenvalue weighted by Crippen LogP contribution is -2.35. The Morgan fingerprint density at radius 3 is 2.42 bits per heavy atom. The van der Waals surface area contributed by atoms with Crippen molar-refractivity contribution in [2.24, 2.45) is 5.92 Å². The van der Waals surface area contributed by atoms with E-state index >= 15 is 0 Å². The molecule has 0 N–H and O–H groups in total. The van der Waals surface area contributed by atoms with Gasteiger partial charge in [0, 0.05) is 24.9 Å². The summed E-state index contributed by atoms with van der Waals surface area (Å²) in [5.41, 5.74) is 1.22. The third-order valence-corrected chi connectivity index (χ3v) is 4.43. The summed E-state index contributed by atoms with van der Waals surface area (Å²) >= 11 is 0. The molecule has 1 aromatic carbocycles. The van der Waals surface area contributed by atoms with Gasteiger partial charge in [-0.2, -0.15) is 0 Å². The summed E-state index contributed by atoms with van der Waals surface area (Å²) in [6.07, 6.45) is 0.677. The van der Waals surface area contributed by atoms with Crippen LogP contribution in [-0.4, -0.2) is 42.4 Å². The highest BCUT2D eigenvalue weighted by molar-refractivity contribution is 5.79. The summed E-state index contributed by atoms with van der Waals surface area (Å²) in [5.74, 6) is 0.726. The van der Waals surface area contributed by atoms with Crippen LogP contribution in [0.4, 0.5) is 0 Å². The Kier molecular flexibility index (Phi) is 4.25. The van der Waals surface area contributed by atoms with Crippen LogP contribution in [0.15, 0.2) is 30.3 Å². The van der Waals surface area contributed by atoms with Crippen molar-refractivity contribution in [2.75, 3.05) is 20.6 Å². The fourth-order valence-electron chi connectivity index (χ4n) is 2.79. The van der Waals surface area contributed by atoms with Gasteiger partial charge < -0.3 is 9.80 Å². The quantitative estimate of drug-likeness (QED) is 0.830. The van der Waals surface area contributed by atoms with Gasteiger partial charge in [-0.3, -0.25) is 4.79 Å². The molecule has 1 fully saturated rings. The van der Waals surface area contributed by atoms with E-state index in [1.807, 2.05) is 23.1 Å². The Balaban J connectivity index is 2.08. The second-order valence-electron chi connectivity index (χ2n) is 5.80. The van der Waals surface area contributed by atoms with Crippen molar-refractivity contribution >= 4 is 5.91 Å². The van der Waals surface area contributed by atoms with Crippen molar-refractivity contribution < 1.29 is 4.79 Å². The number of nitrogens with zero attached hydrogens (tertiary/aromatic N) is 2. The molecule has 1 heterocycles. The standard InChI is InChI=1S/C16H24N2O/c1-12(17(3)4)15-10-16(19)18(11-15)13(2)14-8-6-5-7-9-14/h5-9,12-13,15H,10-11H2,1-4H3/t12-,13-,15+/m1/s1. The zero-order valence-electron chi connectivity index (χ0n) is 12.3. The van der Waals surface area contributed by atoms with E-state index in [0.29, 0.717) is 18.4 Å². The zero-order chi connectivity index (χ0) is 14.0. The number of amides is 1. The molecule has 0 bridgehead atoms. The van der Waals surface area contributed by atoms with Crippen LogP contribution in [0.2, 0.25) is 0 Å². The first-order chi connectivity index (χ1) is 9.00. The Hall–Kier alpha value is -1.35. The average Bonchev–Trinajstić information content (AvgIpc) is 2.80. The third-order valence-electron chi connectivity index (χ3n) is 4.43. The molecular weight excluding hydrogens is 236 g/mol. The summed E-state index contributed by atoms with van der Waals surface area (Å²) in [6.45, 7) is 5.19. The molecule has 19 heavy (non-hydrogen) atoms. The summed E-state index contributed by atoms with van der Waals surface area (Å²) in [4.78, 5) is 16.5. The highest BCUT2D eigenvalue weighted by atomic mass is 16.2. The number of carbonyl (C=O) groups is 1. The van der Waals surface area contributed by atoms with Crippen molar-refractivity contribution in [1.29, 1.82) is 0 Å². The molecule has 1 aromatic rings. The van der Waals surface area contributed by atoms with Gasteiger partial charge >= 0.3 is 0 Å². The smallest absolute Gasteiger partial charge is 0.223 e. The maximum atomic E-state index is 12.2. The Labute approximate surface area is 116 Å². The lowest BCUT2D eigenvalue weighted by atomic mass is 9.99. The minimum absolute atomic E-state index is 0.174. The van der Waals surface area contributed by atoms with Gasteiger partial charge in [0.2, 0.25) is 5.91 Å². The molecule has 3 atom stereocenters. The molecule has 1 aliphatic heterocycles. The number of hydrogen-bond donors (Lipinski definition) is 0. The van der Waals surface area contributed by atoms with Crippen molar-refractivity contribution in [3.8, 4) is 0 Å². The van der Waals surface area contributed by atoms with Crippen LogP contribution in [0.25, 0.3) is 0 Å². The largest absolute Gasteiger partial charge is 0.336 e. The molecular formula is C16H24N2O. The van der Waals surface area contributed by atoms with E-state index in [4.69, 9.17) is 0 Å². The second kappa shape index (κ2) is 5.74. The lowest BCUT2D eigenvalue weighted by Gasteiger charge is -2.28. The minimum Gasteiger partial charge on any atom is -0.336 e. The van der Waals surface area contributed by atoms with Crippen LogP contribution >= 0.6 is 0 Å². The molecule has 1 saturated heterocycles. The van der Waals surface area contributed by atoms with E-state index in [1.54, 1.807) is 0 Å². The third kappa shape index (κ3) is 2.98. The molecule has 0 aromatic heterocycles. The van der Waals surface area contributed by atoms with Crippen LogP contribution in [0, 0.1) is 5.92 Å². The van der Waals surface area contributed by atoms with Crippen molar-refractivity contribution in [2.45, 2.75) is 32.4 Å². The van der Waals surface area contributed by atoms with E-state index in [2.05, 4.69) is 45.0 Å². The van der Waals surface area contributed by atoms with E-state index < -0.39 is 0 Å². The summed E-state index contributed by atoms with van der Waals surface area (Å²) in [6, 6.07) is 10.9. The molecule has 0 aliphatic carbocycles. The first kappa shape index (κ1) is 14.1. The van der Waals surface area contributed by atoms with Gasteiger partial charge in [0.15, 0.2) is 0 Å². The summed E-state index contributed by atoms with van der Waals surface area (Å²) in [5, 5.41) is 0. The van der Waals surface area contributed by atoms with Crippen molar-refractivity contribution in [3.05, 3.63) is 35.9 Å². The minimum atomic E-state index is 0.174. The zero-order valence-corrected chi connectivity index (χ0v) is 12.3. The highest BCUT2D eigenvalue weighted by Crippen LogP contribution is 2.30. The first-order valence-electron chi connectivity index (χ1n) is 7.01. The second-order valence-corrected chi connectivity index (χ2v) is 5.80. The summed E-state index contributed by atoms with van der Waals surface area (Å²) < 4.78 is 0. The molecule has 0 spiro atoms. The molecule has 1 amide bonds. The van der Waals surface area contributed by atoms with Crippen LogP contribution in [0.3, 0.4) is 0 Å². The van der Waals surface area contributed by atoms with Crippen molar-refractivity contribution in [1.82, 2.24) is 9.80 Å². The van der Waals surface area contributed by atoms with Gasteiger partial charge in [0.1, 0.15) is 0 Å². The van der Waals surface area contributed by atoms with Gasteiger partial charge in [-0.15, -0.1) is 0 Å². The summed E-state index contributed by atoms with van der Waals surface area (Å²) in [7, 11) is 4.16. The van der Waals surface area contributed by atoms with Crippen LogP contribution in [-0.2, 0) is 4.79 Å². The number of rotatable bonds is 4. The predicted octanol–water partition coefficient (Wildman–Crippen LogP) is 2.55. The maximum absolute atomic E-state index is 12.2. The highest BCUT2D eigenvalue weighted by Gasteiger charge is 2.36. The number of carbonyl (C=O) groups excluding carboxylic acids is 1. The van der Waals surface area contributed by atoms with E-state index in [0.717, 1.165) is 6.54 Å². The lowest BCUT2D eigenvalue weighted by molar-refractivity contribution is -0.129. The van der Waals surface area contributed by atoms with Crippen LogP contribution < -0.4 is 0 Å². The molecule has 0 unspecified atom stereocenters. The molecule has 2 rings (SSSR count). The van der Waals surface area contributed by atoms with Crippen LogP contribution in [0.1, 0.15) is 31.9 Å². The van der Waals surface area contributed by atoms with E-state index in [-0.39, 0.29) is 11.9 Å². The Morgan fingerprint density at radius 2 is 1.84 bits per heavy atom. The van der Waals surface area contributed by atoms with Gasteiger partial charge in [0.25, 0.3) is 0 Å². The number of likely N-dealkylation sites (tertiary alicyclic amines) is 1. The predicted molar refractivity (Wildman–Crippen MR) is 77.8 cm³/mol. The molecule has 3 heteroatoms. The molecule has 3 nitrogen and oxygen atoms in total. The molecule has 1 aliphatic rings. The number of hydrogen-bond acceptors (Lipinski definition) is 2. The van der Waals surface area contributed by atoms with Crippen LogP contribution in [0.5, 0.6) is 0 Å². The molecule has 0 radical (unpaired) electrons. The fraction of sp³-hybridized carbons (Fsp3) is 0.562. The van der Waals surface area contributed by atoms with Gasteiger partial charge in [0.05, 0.1) is 6.04 Å². The van der Waals surface area contributed by atoms with Crippen molar-refractivity contribution in [3.63, 3.8) is 0 Å². The van der Waals surface area contributed by atoms with E-state index in [9.17, 15) is 4.79 Å². The normalized spacial score (nSPS) is 22.9. The van der Waals surface area contributed by atoms with Gasteiger partial charge in [-0.05, 0) is 33.5 Å². The Bertz CT molecular complexity index is 430. The van der Waals surface area contributed by atoms with Gasteiger partial charge in [-0.25, -0.2) is 0 Å². The monoisotopic (exact) mass is 260 g/mol.